The van der Waals surface area contributed by atoms with Crippen LogP contribution in [0, 0.1) is 27.7 Å². The van der Waals surface area contributed by atoms with Crippen molar-refractivity contribution in [2.45, 2.75) is 285 Å². The highest BCUT2D eigenvalue weighted by Crippen LogP contribution is 2.57. The molecule has 8 bridgehead atoms. The van der Waals surface area contributed by atoms with E-state index < -0.39 is 0 Å². The minimum atomic E-state index is -0.0858. The predicted octanol–water partition coefficient (Wildman–Crippen LogP) is 23.6. The van der Waals surface area contributed by atoms with Gasteiger partial charge in [0.2, 0.25) is 0 Å². The molecular formula is C84H120O8. The van der Waals surface area contributed by atoms with Crippen LogP contribution in [0.2, 0.25) is 0 Å². The number of unbranched alkanes of at least 4 members (excludes halogenated alkanes) is 24. The van der Waals surface area contributed by atoms with Crippen molar-refractivity contribution < 1.29 is 37.9 Å². The molecule has 8 heteroatoms. The summed E-state index contributed by atoms with van der Waals surface area (Å²) in [5.74, 6) is 7.07. The summed E-state index contributed by atoms with van der Waals surface area (Å²) in [5, 5.41) is 0. The van der Waals surface area contributed by atoms with Gasteiger partial charge in [0.05, 0.1) is 0 Å². The lowest BCUT2D eigenvalue weighted by molar-refractivity contribution is 0.329. The van der Waals surface area contributed by atoms with Crippen LogP contribution in [0.5, 0.6) is 46.0 Å². The zero-order valence-corrected chi connectivity index (χ0v) is 58.8. The Morgan fingerprint density at radius 1 is 0.217 bits per heavy atom. The lowest BCUT2D eigenvalue weighted by atomic mass is 9.74. The van der Waals surface area contributed by atoms with E-state index in [1.165, 1.54) is 199 Å². The third-order valence-electron chi connectivity index (χ3n) is 20.7. The topological polar surface area (TPSA) is 73.8 Å². The van der Waals surface area contributed by atoms with Gasteiger partial charge < -0.3 is 37.9 Å². The van der Waals surface area contributed by atoms with Gasteiger partial charge in [-0.05, 0) is 126 Å². The monoisotopic (exact) mass is 1260 g/mol. The molecule has 8 nitrogen and oxygen atoms in total. The summed E-state index contributed by atoms with van der Waals surface area (Å²) < 4.78 is 58.5. The number of benzene rings is 4. The molecule has 0 N–H and O–H groups in total. The van der Waals surface area contributed by atoms with Crippen molar-refractivity contribution in [2.24, 2.45) is 0 Å². The molecule has 0 atom stereocenters. The van der Waals surface area contributed by atoms with Crippen molar-refractivity contribution in [1.82, 2.24) is 0 Å². The zero-order valence-electron chi connectivity index (χ0n) is 58.8. The van der Waals surface area contributed by atoms with Crippen LogP contribution < -0.4 is 37.9 Å². The van der Waals surface area contributed by atoms with Gasteiger partial charge in [0.1, 0.15) is 98.9 Å². The first-order valence-electron chi connectivity index (χ1n) is 37.6. The summed E-state index contributed by atoms with van der Waals surface area (Å²) in [6.07, 6.45) is 55.1. The van der Waals surface area contributed by atoms with Crippen LogP contribution >= 0.6 is 0 Å². The van der Waals surface area contributed by atoms with E-state index >= 15 is 0 Å². The van der Waals surface area contributed by atoms with E-state index in [-0.39, 0.29) is 23.7 Å². The molecule has 0 aromatic heterocycles. The maximum absolute atomic E-state index is 7.31. The van der Waals surface area contributed by atoms with Gasteiger partial charge in [0.25, 0.3) is 0 Å². The second-order valence-corrected chi connectivity index (χ2v) is 27.6. The van der Waals surface area contributed by atoms with Crippen molar-refractivity contribution in [3.05, 3.63) is 140 Å². The van der Waals surface area contributed by atoms with Crippen LogP contribution in [-0.2, 0) is 0 Å². The largest absolute Gasteiger partial charge is 0.489 e. The van der Waals surface area contributed by atoms with Gasteiger partial charge in [-0.25, -0.2) is 0 Å². The van der Waals surface area contributed by atoms with E-state index in [0.717, 1.165) is 120 Å². The first-order chi connectivity index (χ1) is 45.3. The smallest absolute Gasteiger partial charge is 0.130 e. The third-order valence-corrected chi connectivity index (χ3v) is 20.7. The summed E-state index contributed by atoms with van der Waals surface area (Å²) in [6.45, 7) is 21.8. The van der Waals surface area contributed by atoms with Crippen LogP contribution in [0.3, 0.4) is 0 Å². The Hall–Kier alpha value is -5.76. The normalized spacial score (nSPS) is 19.7. The molecule has 5 aliphatic rings. The Labute approximate surface area is 558 Å². The SMILES string of the molecule is CCCCCCCCCC1c2cc3c4c(C)c2OC/C=C\COc2c1cc1c(c2C)OC/C=C\COc2c(cc5c(c2C)OC/C=C\COc2c(cc(c(c2C)OC/C=C\CO4)C3CCCCCCCCC)C5CCCCCCCCC)C1CCCCCCCCC. The lowest BCUT2D eigenvalue weighted by Gasteiger charge is -2.34. The molecule has 4 aromatic carbocycles. The highest BCUT2D eigenvalue weighted by atomic mass is 16.5. The summed E-state index contributed by atoms with van der Waals surface area (Å²) >= 11 is 0. The van der Waals surface area contributed by atoms with Gasteiger partial charge in [0, 0.05) is 90.4 Å². The molecule has 92 heavy (non-hydrogen) atoms. The number of ether oxygens (including phenoxy) is 8. The van der Waals surface area contributed by atoms with Crippen LogP contribution in [0.15, 0.2) is 72.9 Å². The molecule has 0 amide bonds. The van der Waals surface area contributed by atoms with Crippen molar-refractivity contribution in [3.8, 4) is 46.0 Å². The van der Waals surface area contributed by atoms with Gasteiger partial charge >= 0.3 is 0 Å². The molecule has 0 radical (unpaired) electrons. The second-order valence-electron chi connectivity index (χ2n) is 27.6. The van der Waals surface area contributed by atoms with Gasteiger partial charge in [-0.1, -0.05) is 207 Å². The zero-order chi connectivity index (χ0) is 64.3. The van der Waals surface area contributed by atoms with E-state index in [4.69, 9.17) is 37.9 Å². The van der Waals surface area contributed by atoms with E-state index in [1.54, 1.807) is 0 Å². The molecule has 0 fully saturated rings. The van der Waals surface area contributed by atoms with Crippen LogP contribution in [-0.4, -0.2) is 52.9 Å². The quantitative estimate of drug-likeness (QED) is 0.0354. The van der Waals surface area contributed by atoms with Crippen molar-refractivity contribution in [3.63, 3.8) is 0 Å². The van der Waals surface area contributed by atoms with E-state index in [9.17, 15) is 0 Å². The molecule has 9 rings (SSSR count). The second kappa shape index (κ2) is 38.0. The number of rotatable bonds is 32. The average Bonchev–Trinajstić information content (AvgIpc) is 0.962. The lowest BCUT2D eigenvalue weighted by Crippen LogP contribution is -2.18. The Balaban J connectivity index is 1.42. The first kappa shape index (κ1) is 70.6. The van der Waals surface area contributed by atoms with E-state index in [0.29, 0.717) is 52.9 Å². The van der Waals surface area contributed by atoms with E-state index in [2.05, 4.69) is 128 Å². The first-order valence-corrected chi connectivity index (χ1v) is 37.6. The Morgan fingerprint density at radius 3 is 0.511 bits per heavy atom. The molecule has 504 valence electrons. The van der Waals surface area contributed by atoms with Crippen LogP contribution in [0.25, 0.3) is 0 Å². The van der Waals surface area contributed by atoms with Crippen molar-refractivity contribution in [1.29, 1.82) is 0 Å². The average molecular weight is 1260 g/mol. The Morgan fingerprint density at radius 2 is 0.359 bits per heavy atom. The van der Waals surface area contributed by atoms with E-state index in [1.807, 2.05) is 0 Å². The fourth-order valence-electron chi connectivity index (χ4n) is 15.7. The molecule has 4 aromatic rings. The number of hydrogen-bond donors (Lipinski definition) is 0. The van der Waals surface area contributed by atoms with Gasteiger partial charge in [-0.3, -0.25) is 0 Å². The molecule has 0 spiro atoms. The van der Waals surface area contributed by atoms with Gasteiger partial charge in [-0.15, -0.1) is 0 Å². The predicted molar refractivity (Wildman–Crippen MR) is 383 cm³/mol. The minimum Gasteiger partial charge on any atom is -0.489 e. The van der Waals surface area contributed by atoms with Gasteiger partial charge in [0.15, 0.2) is 0 Å². The van der Waals surface area contributed by atoms with Crippen LogP contribution in [0.4, 0.5) is 0 Å². The van der Waals surface area contributed by atoms with Gasteiger partial charge in [-0.2, -0.15) is 0 Å². The molecule has 4 heterocycles. The summed E-state index contributed by atoms with van der Waals surface area (Å²) in [6, 6.07) is 10.3. The summed E-state index contributed by atoms with van der Waals surface area (Å²) in [7, 11) is 0. The molecule has 0 unspecified atom stereocenters. The summed E-state index contributed by atoms with van der Waals surface area (Å²) in [4.78, 5) is 0. The molecular weight excluding hydrogens is 1140 g/mol. The summed E-state index contributed by atoms with van der Waals surface area (Å²) in [5.41, 5.74) is 14.0. The van der Waals surface area contributed by atoms with Crippen molar-refractivity contribution in [2.75, 3.05) is 52.9 Å². The maximum atomic E-state index is 7.31. The Kier molecular flexibility index (Phi) is 29.1. The fourth-order valence-corrected chi connectivity index (χ4v) is 15.7. The highest BCUT2D eigenvalue weighted by molar-refractivity contribution is 5.69. The molecule has 0 saturated heterocycles. The molecule has 0 saturated carbocycles. The number of hydrogen-bond acceptors (Lipinski definition) is 8. The van der Waals surface area contributed by atoms with Crippen molar-refractivity contribution >= 4 is 0 Å². The minimum absolute atomic E-state index is 0.0858. The fraction of sp³-hybridized carbons (Fsp3) is 0.619. The highest BCUT2D eigenvalue weighted by Gasteiger charge is 2.38. The van der Waals surface area contributed by atoms with Crippen LogP contribution in [0.1, 0.15) is 324 Å². The molecule has 1 aliphatic carbocycles. The Bertz CT molecular complexity index is 2500. The molecule has 4 aliphatic heterocycles. The third kappa shape index (κ3) is 18.4. The standard InChI is InChI=1S/C84H120O8/c1-9-13-17-21-25-29-33-45-65-69-57-71-66(46-34-30-26-22-18-14-10-2)73-59-75-68(48-36-32-28-24-20-16-12-4)76-60-74-67(47-35-31-27-23-19-15-11-3)72-58-70(65)78-62(6)80(72)88-52-40-42-54-90-82(74)64(8)84(76)92-56-44-43-55-91-83(75)63(7)81(73)89-53-41-39-51-87-79(71)61(5)77(69)85-49-37-38-50-86-78/h37-44,57-60,65-68H,9-36,45-56H2,1-8H3/b38-37-,41-39-,42-40-,44-43-. The maximum Gasteiger partial charge on any atom is 0.130 e.